The zero-order chi connectivity index (χ0) is 47.1. The molecule has 10 rings (SSSR count). The maximum atomic E-state index is 4.17. The number of hydrogen-bond acceptors (Lipinski definition) is 2. The molecule has 0 fully saturated rings. The highest BCUT2D eigenvalue weighted by atomic mass is 15.2. The minimum atomic E-state index is 0.569. The van der Waals surface area contributed by atoms with Crippen molar-refractivity contribution in [1.82, 2.24) is 0 Å². The first kappa shape index (κ1) is 46.2. The SMILES string of the molecule is C=C/C=C\C(=C1/CC2=C(CC=C2)C1)N(c1ccccc1C)c1cc(C2=C(/C=C\C=C\Nc3ccccc3C)c3ccccc3C2)c2ccc3cc(C(CCC)CCCC)cc4ccc1c2c34.CC. The lowest BCUT2D eigenvalue weighted by Crippen LogP contribution is -2.19. The summed E-state index contributed by atoms with van der Waals surface area (Å²) < 4.78 is 0. The van der Waals surface area contributed by atoms with Crippen molar-refractivity contribution < 1.29 is 0 Å². The molecule has 0 radical (unpaired) electrons. The molecule has 2 heteroatoms. The number of nitrogens with one attached hydrogen (secondary N) is 1. The van der Waals surface area contributed by atoms with E-state index in [-0.39, 0.29) is 0 Å². The smallest absolute Gasteiger partial charge is 0.0546 e. The lowest BCUT2D eigenvalue weighted by Gasteiger charge is -2.32. The number of para-hydroxylation sites is 2. The molecule has 0 spiro atoms. The van der Waals surface area contributed by atoms with Gasteiger partial charge in [-0.15, -0.1) is 0 Å². The number of aryl methyl sites for hydroxylation is 2. The van der Waals surface area contributed by atoms with Crippen LogP contribution in [0.3, 0.4) is 0 Å². The molecule has 0 saturated heterocycles. The fourth-order valence-electron chi connectivity index (χ4n) is 11.2. The third-order valence-electron chi connectivity index (χ3n) is 14.5. The topological polar surface area (TPSA) is 15.3 Å². The van der Waals surface area contributed by atoms with Crippen LogP contribution in [0.5, 0.6) is 0 Å². The Bertz CT molecular complexity index is 3190. The average molecular weight is 889 g/mol. The third kappa shape index (κ3) is 8.97. The molecule has 1 unspecified atom stereocenters. The van der Waals surface area contributed by atoms with Crippen molar-refractivity contribution in [2.45, 2.75) is 105 Å². The van der Waals surface area contributed by atoms with E-state index in [1.54, 1.807) is 5.57 Å². The fourth-order valence-corrected chi connectivity index (χ4v) is 11.2. The molecule has 0 amide bonds. The van der Waals surface area contributed by atoms with Gasteiger partial charge in [-0.1, -0.05) is 193 Å². The molecule has 0 saturated carbocycles. The number of nitrogens with zero attached hydrogens (tertiary/aromatic N) is 1. The Morgan fingerprint density at radius 1 is 0.706 bits per heavy atom. The van der Waals surface area contributed by atoms with Crippen LogP contribution in [0.15, 0.2) is 199 Å². The number of rotatable bonds is 16. The summed E-state index contributed by atoms with van der Waals surface area (Å²) in [6, 6.07) is 43.8. The van der Waals surface area contributed by atoms with Crippen molar-refractivity contribution in [1.29, 1.82) is 0 Å². The Kier molecular flexibility index (Phi) is 14.2. The highest BCUT2D eigenvalue weighted by Crippen LogP contribution is 2.51. The first-order chi connectivity index (χ1) is 33.4. The quantitative estimate of drug-likeness (QED) is 0.0768. The summed E-state index contributed by atoms with van der Waals surface area (Å²) in [7, 11) is 0. The Labute approximate surface area is 406 Å². The Morgan fingerprint density at radius 2 is 1.46 bits per heavy atom. The van der Waals surface area contributed by atoms with Gasteiger partial charge in [0, 0.05) is 34.0 Å². The van der Waals surface area contributed by atoms with Crippen molar-refractivity contribution in [3.8, 4) is 0 Å². The van der Waals surface area contributed by atoms with Crippen LogP contribution >= 0.6 is 0 Å². The van der Waals surface area contributed by atoms with Gasteiger partial charge in [-0.25, -0.2) is 0 Å². The molecule has 7 aromatic carbocycles. The molecule has 2 nitrogen and oxygen atoms in total. The summed E-state index contributed by atoms with van der Waals surface area (Å²) in [5, 5.41) is 11.5. The second kappa shape index (κ2) is 20.9. The van der Waals surface area contributed by atoms with Crippen LogP contribution in [0.1, 0.15) is 118 Å². The lowest BCUT2D eigenvalue weighted by molar-refractivity contribution is 0.542. The average Bonchev–Trinajstić information content (AvgIpc) is 4.09. The molecule has 68 heavy (non-hydrogen) atoms. The van der Waals surface area contributed by atoms with E-state index in [4.69, 9.17) is 0 Å². The normalized spacial score (nSPS) is 15.7. The number of hydrogen-bond donors (Lipinski definition) is 1. The lowest BCUT2D eigenvalue weighted by atomic mass is 9.83. The van der Waals surface area contributed by atoms with Crippen LogP contribution in [0.25, 0.3) is 43.5 Å². The molecular weight excluding hydrogens is 821 g/mol. The Morgan fingerprint density at radius 3 is 2.21 bits per heavy atom. The summed E-state index contributed by atoms with van der Waals surface area (Å²) >= 11 is 0. The molecular formula is C66H68N2. The minimum absolute atomic E-state index is 0.569. The molecule has 0 heterocycles. The van der Waals surface area contributed by atoms with Crippen LogP contribution < -0.4 is 10.2 Å². The van der Waals surface area contributed by atoms with E-state index in [9.17, 15) is 0 Å². The summed E-state index contributed by atoms with van der Waals surface area (Å²) in [6.45, 7) is 17.2. The third-order valence-corrected chi connectivity index (χ3v) is 14.5. The maximum absolute atomic E-state index is 4.17. The Balaban J connectivity index is 0.00000285. The zero-order valence-electron chi connectivity index (χ0n) is 41.3. The predicted octanol–water partition coefficient (Wildman–Crippen LogP) is 19.1. The highest BCUT2D eigenvalue weighted by Gasteiger charge is 2.30. The Hall–Kier alpha value is -6.90. The van der Waals surface area contributed by atoms with Gasteiger partial charge in [-0.3, -0.25) is 0 Å². The highest BCUT2D eigenvalue weighted by molar-refractivity contribution is 6.28. The van der Waals surface area contributed by atoms with Gasteiger partial charge in [0.2, 0.25) is 0 Å². The standard InChI is InChI=1S/C64H62N2.C2H6/c1-6-9-23-45(20-8-3)51-39-49-32-34-55-58(57-41-48-24-13-14-27-53(48)54(57)28-17-18-36-65-59-29-15-11-21-43(59)4)42-62(56-35-33-50(40-51)63(49)64(55)56)66(60-31-16-12-22-44(60)5)61(30-10-7-2)52-37-46-25-19-26-47(46)38-52;1-2/h7,10-19,21-22,24-25,27-36,39-40,42,45,65H,2,6,8-9,20,23,26,37-38,41H2,1,3-5H3;1-2H3/b28-17-,30-10-,36-18+,61-52-;. The van der Waals surface area contributed by atoms with Crippen molar-refractivity contribution in [2.24, 2.45) is 0 Å². The van der Waals surface area contributed by atoms with E-state index in [1.165, 1.54) is 137 Å². The van der Waals surface area contributed by atoms with Crippen molar-refractivity contribution in [3.05, 3.63) is 232 Å². The number of anilines is 3. The molecule has 3 aliphatic carbocycles. The van der Waals surface area contributed by atoms with Crippen LogP contribution in [-0.2, 0) is 6.42 Å². The first-order valence-electron chi connectivity index (χ1n) is 25.4. The molecule has 0 aliphatic heterocycles. The fraction of sp³-hybridized carbons (Fsp3) is 0.242. The van der Waals surface area contributed by atoms with E-state index in [1.807, 2.05) is 26.1 Å². The summed E-state index contributed by atoms with van der Waals surface area (Å²) in [4.78, 5) is 2.61. The minimum Gasteiger partial charge on any atom is -0.361 e. The van der Waals surface area contributed by atoms with E-state index in [2.05, 4.69) is 202 Å². The number of unbranched alkanes of at least 4 members (excludes halogenated alkanes) is 1. The number of allylic oxidation sites excluding steroid dienone is 13. The predicted molar refractivity (Wildman–Crippen MR) is 298 cm³/mol. The molecule has 0 aromatic heterocycles. The van der Waals surface area contributed by atoms with Gasteiger partial charge in [-0.05, 0) is 166 Å². The van der Waals surface area contributed by atoms with Crippen LogP contribution in [0.4, 0.5) is 17.1 Å². The van der Waals surface area contributed by atoms with Gasteiger partial charge < -0.3 is 10.2 Å². The largest absolute Gasteiger partial charge is 0.361 e. The van der Waals surface area contributed by atoms with Gasteiger partial charge in [0.05, 0.1) is 5.69 Å². The van der Waals surface area contributed by atoms with Crippen molar-refractivity contribution >= 4 is 60.5 Å². The molecule has 342 valence electrons. The molecule has 0 bridgehead atoms. The van der Waals surface area contributed by atoms with E-state index < -0.39 is 0 Å². The summed E-state index contributed by atoms with van der Waals surface area (Å²) in [6.07, 6.45) is 29.8. The second-order valence-corrected chi connectivity index (χ2v) is 18.7. The first-order valence-corrected chi connectivity index (χ1v) is 25.4. The summed E-state index contributed by atoms with van der Waals surface area (Å²) in [5.74, 6) is 0.569. The van der Waals surface area contributed by atoms with E-state index in [0.717, 1.165) is 31.4 Å². The van der Waals surface area contributed by atoms with Crippen LogP contribution in [-0.4, -0.2) is 0 Å². The molecule has 7 aromatic rings. The van der Waals surface area contributed by atoms with Gasteiger partial charge in [0.25, 0.3) is 0 Å². The van der Waals surface area contributed by atoms with Crippen molar-refractivity contribution in [3.63, 3.8) is 0 Å². The van der Waals surface area contributed by atoms with Crippen LogP contribution in [0.2, 0.25) is 0 Å². The van der Waals surface area contributed by atoms with Gasteiger partial charge in [-0.2, -0.15) is 0 Å². The van der Waals surface area contributed by atoms with E-state index in [0.29, 0.717) is 5.92 Å². The van der Waals surface area contributed by atoms with Gasteiger partial charge in [0.15, 0.2) is 0 Å². The van der Waals surface area contributed by atoms with Crippen molar-refractivity contribution in [2.75, 3.05) is 10.2 Å². The van der Waals surface area contributed by atoms with Gasteiger partial charge in [0.1, 0.15) is 0 Å². The maximum Gasteiger partial charge on any atom is 0.0546 e. The monoisotopic (exact) mass is 889 g/mol. The number of fused-ring (bicyclic) bond motifs is 1. The summed E-state index contributed by atoms with van der Waals surface area (Å²) in [5.41, 5.74) is 19.8. The van der Waals surface area contributed by atoms with E-state index >= 15 is 0 Å². The molecule has 3 aliphatic rings. The molecule has 1 atom stereocenters. The van der Waals surface area contributed by atoms with Gasteiger partial charge >= 0.3 is 0 Å². The molecule has 1 N–H and O–H groups in total. The number of benzene rings is 7. The van der Waals surface area contributed by atoms with Crippen LogP contribution in [0, 0.1) is 13.8 Å². The second-order valence-electron chi connectivity index (χ2n) is 18.7. The zero-order valence-corrected chi connectivity index (χ0v) is 41.3.